The lowest BCUT2D eigenvalue weighted by molar-refractivity contribution is 0.783. The minimum atomic E-state index is 0.778. The van der Waals surface area contributed by atoms with Crippen molar-refractivity contribution < 1.29 is 0 Å². The monoisotopic (exact) mass is 207 g/mol. The summed E-state index contributed by atoms with van der Waals surface area (Å²) in [5.74, 6) is 0. The second kappa shape index (κ2) is 3.84. The van der Waals surface area contributed by atoms with Gasteiger partial charge in [0.15, 0.2) is 0 Å². The van der Waals surface area contributed by atoms with Gasteiger partial charge in [0.2, 0.25) is 0 Å². The van der Waals surface area contributed by atoms with Crippen LogP contribution in [0.4, 0.5) is 0 Å². The van der Waals surface area contributed by atoms with Gasteiger partial charge in [-0.05, 0) is 26.0 Å². The van der Waals surface area contributed by atoms with Crippen LogP contribution in [0.2, 0.25) is 0 Å². The van der Waals surface area contributed by atoms with E-state index in [2.05, 4.69) is 46.4 Å². The van der Waals surface area contributed by atoms with E-state index in [9.17, 15) is 0 Å². The smallest absolute Gasteiger partial charge is 0.0795 e. The van der Waals surface area contributed by atoms with E-state index in [4.69, 9.17) is 0 Å². The molecule has 0 aliphatic heterocycles. The van der Waals surface area contributed by atoms with Gasteiger partial charge in [-0.2, -0.15) is 0 Å². The van der Waals surface area contributed by atoms with E-state index in [1.54, 1.807) is 11.3 Å². The highest BCUT2D eigenvalue weighted by molar-refractivity contribution is 7.07. The average molecular weight is 207 g/mol. The normalized spacial score (nSPS) is 10.4. The second-order valence-electron chi connectivity index (χ2n) is 3.27. The molecule has 3 nitrogen and oxygen atoms in total. The minimum Gasteiger partial charge on any atom is -0.320 e. The highest BCUT2D eigenvalue weighted by atomic mass is 32.1. The van der Waals surface area contributed by atoms with Crippen molar-refractivity contribution in [3.8, 4) is 0 Å². The molecular weight excluding hydrogens is 194 g/mol. The number of aryl methyl sites for hydroxylation is 2. The summed E-state index contributed by atoms with van der Waals surface area (Å²) < 4.78 is 2.08. The summed E-state index contributed by atoms with van der Waals surface area (Å²) in [7, 11) is 0. The van der Waals surface area contributed by atoms with Gasteiger partial charge in [0, 0.05) is 16.8 Å². The maximum absolute atomic E-state index is 4.22. The zero-order chi connectivity index (χ0) is 9.97. The maximum atomic E-state index is 4.22. The minimum absolute atomic E-state index is 0.778. The molecule has 0 unspecified atom stereocenters. The van der Waals surface area contributed by atoms with Gasteiger partial charge in [0.05, 0.1) is 17.7 Å². The van der Waals surface area contributed by atoms with E-state index in [1.807, 2.05) is 5.51 Å². The first-order valence-electron chi connectivity index (χ1n) is 4.53. The van der Waals surface area contributed by atoms with Crippen LogP contribution >= 0.6 is 11.3 Å². The highest BCUT2D eigenvalue weighted by Crippen LogP contribution is 2.06. The molecule has 0 saturated carbocycles. The quantitative estimate of drug-likeness (QED) is 0.837. The topological polar surface area (TPSA) is 29.9 Å². The lowest BCUT2D eigenvalue weighted by Gasteiger charge is -2.10. The molecule has 4 heteroatoms. The van der Waals surface area contributed by atoms with Crippen molar-refractivity contribution in [3.05, 3.63) is 40.1 Å². The van der Waals surface area contributed by atoms with Crippen LogP contribution in [0.3, 0.4) is 0 Å². The summed E-state index contributed by atoms with van der Waals surface area (Å²) in [6.45, 7) is 4.95. The Hall–Kier alpha value is -1.29. The van der Waals surface area contributed by atoms with Gasteiger partial charge in [-0.25, -0.2) is 4.98 Å². The first-order chi connectivity index (χ1) is 6.77. The van der Waals surface area contributed by atoms with Crippen molar-refractivity contribution >= 4 is 11.3 Å². The summed E-state index contributed by atoms with van der Waals surface area (Å²) in [4.78, 5) is 4.22. The third kappa shape index (κ3) is 1.80. The van der Waals surface area contributed by atoms with Crippen LogP contribution < -0.4 is 5.43 Å². The first kappa shape index (κ1) is 9.27. The van der Waals surface area contributed by atoms with Crippen LogP contribution in [0.5, 0.6) is 0 Å². The molecule has 0 fully saturated rings. The lowest BCUT2D eigenvalue weighted by atomic mass is 10.5. The fourth-order valence-electron chi connectivity index (χ4n) is 1.40. The fourth-order valence-corrected chi connectivity index (χ4v) is 1.96. The highest BCUT2D eigenvalue weighted by Gasteiger charge is 2.00. The molecular formula is C10H13N3S. The predicted molar refractivity (Wildman–Crippen MR) is 59.1 cm³/mol. The molecule has 0 spiro atoms. The molecule has 14 heavy (non-hydrogen) atoms. The van der Waals surface area contributed by atoms with Crippen LogP contribution in [-0.4, -0.2) is 9.66 Å². The average Bonchev–Trinajstić information content (AvgIpc) is 2.76. The lowest BCUT2D eigenvalue weighted by Crippen LogP contribution is -2.16. The first-order valence-corrected chi connectivity index (χ1v) is 5.47. The van der Waals surface area contributed by atoms with Gasteiger partial charge in [-0.3, -0.25) is 4.68 Å². The van der Waals surface area contributed by atoms with Gasteiger partial charge >= 0.3 is 0 Å². The van der Waals surface area contributed by atoms with Crippen molar-refractivity contribution in [2.75, 3.05) is 5.43 Å². The van der Waals surface area contributed by atoms with E-state index in [0.717, 1.165) is 12.2 Å². The molecule has 0 bridgehead atoms. The zero-order valence-electron chi connectivity index (χ0n) is 8.32. The summed E-state index contributed by atoms with van der Waals surface area (Å²) >= 11 is 1.62. The number of aromatic nitrogens is 2. The molecule has 2 rings (SSSR count). The van der Waals surface area contributed by atoms with Crippen molar-refractivity contribution in [2.24, 2.45) is 0 Å². The van der Waals surface area contributed by atoms with Crippen LogP contribution in [0.25, 0.3) is 0 Å². The number of nitrogens with one attached hydrogen (secondary N) is 1. The Morgan fingerprint density at radius 2 is 2.07 bits per heavy atom. The van der Waals surface area contributed by atoms with Gasteiger partial charge in [0.25, 0.3) is 0 Å². The van der Waals surface area contributed by atoms with E-state index < -0.39 is 0 Å². The van der Waals surface area contributed by atoms with Crippen molar-refractivity contribution in [2.45, 2.75) is 20.4 Å². The Kier molecular flexibility index (Phi) is 2.54. The van der Waals surface area contributed by atoms with E-state index in [0.29, 0.717) is 0 Å². The third-order valence-corrected chi connectivity index (χ3v) is 2.81. The van der Waals surface area contributed by atoms with Crippen molar-refractivity contribution in [3.63, 3.8) is 0 Å². The molecule has 2 aromatic heterocycles. The van der Waals surface area contributed by atoms with Gasteiger partial charge < -0.3 is 5.43 Å². The Balaban J connectivity index is 2.05. The standard InChI is InChI=1S/C10H13N3S/c1-8-3-4-9(2)13(8)12-5-10-6-14-7-11-10/h3-4,6-7,12H,5H2,1-2H3. The van der Waals surface area contributed by atoms with E-state index >= 15 is 0 Å². The molecule has 74 valence electrons. The van der Waals surface area contributed by atoms with Crippen molar-refractivity contribution in [1.82, 2.24) is 9.66 Å². The summed E-state index contributed by atoms with van der Waals surface area (Å²) in [6.07, 6.45) is 0. The molecule has 0 aliphatic carbocycles. The number of hydrogen-bond donors (Lipinski definition) is 1. The molecule has 2 heterocycles. The van der Waals surface area contributed by atoms with Crippen LogP contribution in [-0.2, 0) is 6.54 Å². The molecule has 0 aliphatic rings. The Morgan fingerprint density at radius 3 is 2.64 bits per heavy atom. The summed E-state index contributed by atoms with van der Waals surface area (Å²) in [6, 6.07) is 4.20. The molecule has 0 saturated heterocycles. The Labute approximate surface area is 87.4 Å². The number of nitrogens with zero attached hydrogens (tertiary/aromatic N) is 2. The summed E-state index contributed by atoms with van der Waals surface area (Å²) in [5.41, 5.74) is 8.70. The maximum Gasteiger partial charge on any atom is 0.0795 e. The number of rotatable bonds is 3. The molecule has 1 N–H and O–H groups in total. The number of thiazole rings is 1. The number of hydrogen-bond acceptors (Lipinski definition) is 3. The van der Waals surface area contributed by atoms with Crippen molar-refractivity contribution in [1.29, 1.82) is 0 Å². The SMILES string of the molecule is Cc1ccc(C)n1NCc1cscn1. The summed E-state index contributed by atoms with van der Waals surface area (Å²) in [5, 5.41) is 2.06. The molecule has 0 aromatic carbocycles. The van der Waals surface area contributed by atoms with E-state index in [-0.39, 0.29) is 0 Å². The second-order valence-corrected chi connectivity index (χ2v) is 3.98. The van der Waals surface area contributed by atoms with Crippen LogP contribution in [0.1, 0.15) is 17.1 Å². The van der Waals surface area contributed by atoms with Gasteiger partial charge in [-0.15, -0.1) is 11.3 Å². The molecule has 0 amide bonds. The Morgan fingerprint density at radius 1 is 1.36 bits per heavy atom. The Bertz CT molecular complexity index is 383. The predicted octanol–water partition coefficient (Wildman–Crippen LogP) is 2.31. The fraction of sp³-hybridized carbons (Fsp3) is 0.300. The largest absolute Gasteiger partial charge is 0.320 e. The third-order valence-electron chi connectivity index (χ3n) is 2.17. The van der Waals surface area contributed by atoms with Crippen LogP contribution in [0.15, 0.2) is 23.0 Å². The van der Waals surface area contributed by atoms with Gasteiger partial charge in [-0.1, -0.05) is 0 Å². The van der Waals surface area contributed by atoms with Gasteiger partial charge in [0.1, 0.15) is 0 Å². The molecule has 0 atom stereocenters. The van der Waals surface area contributed by atoms with E-state index in [1.165, 1.54) is 11.4 Å². The molecule has 2 aromatic rings. The van der Waals surface area contributed by atoms with Crippen LogP contribution in [0, 0.1) is 13.8 Å². The zero-order valence-corrected chi connectivity index (χ0v) is 9.14. The molecule has 0 radical (unpaired) electrons.